The maximum Gasteiger partial charge on any atom is 0.519 e. The summed E-state index contributed by atoms with van der Waals surface area (Å²) in [4.78, 5) is 22.4. The summed E-state index contributed by atoms with van der Waals surface area (Å²) in [6.45, 7) is 0. The molecular formula is C19H17NO5. The minimum absolute atomic E-state index is 0.0561. The number of nitro groups is 1. The van der Waals surface area contributed by atoms with E-state index in [4.69, 9.17) is 9.47 Å². The van der Waals surface area contributed by atoms with Gasteiger partial charge in [0.15, 0.2) is 0 Å². The molecule has 0 bridgehead atoms. The average Bonchev–Trinajstić information content (AvgIpc) is 3.24. The zero-order valence-corrected chi connectivity index (χ0v) is 13.6. The number of carbonyl (C=O) groups excluding carboxylic acids is 1. The van der Waals surface area contributed by atoms with Gasteiger partial charge >= 0.3 is 6.16 Å². The number of fused-ring (bicyclic) bond motifs is 2. The minimum atomic E-state index is -0.803. The number of benzene rings is 2. The van der Waals surface area contributed by atoms with Crippen molar-refractivity contribution in [2.24, 2.45) is 0 Å². The first-order valence-electron chi connectivity index (χ1n) is 8.42. The molecule has 6 nitrogen and oxygen atoms in total. The van der Waals surface area contributed by atoms with Crippen molar-refractivity contribution in [3.8, 4) is 11.5 Å². The van der Waals surface area contributed by atoms with Gasteiger partial charge in [0, 0.05) is 12.1 Å². The van der Waals surface area contributed by atoms with Gasteiger partial charge in [-0.1, -0.05) is 6.07 Å². The third-order valence-corrected chi connectivity index (χ3v) is 4.85. The van der Waals surface area contributed by atoms with Crippen LogP contribution in [0, 0.1) is 10.1 Å². The van der Waals surface area contributed by atoms with Gasteiger partial charge in [0.2, 0.25) is 0 Å². The Morgan fingerprint density at radius 3 is 2.08 bits per heavy atom. The average molecular weight is 339 g/mol. The molecule has 2 aliphatic rings. The van der Waals surface area contributed by atoms with E-state index in [1.807, 2.05) is 0 Å². The summed E-state index contributed by atoms with van der Waals surface area (Å²) in [5.41, 5.74) is 4.75. The largest absolute Gasteiger partial charge is 0.519 e. The lowest BCUT2D eigenvalue weighted by Gasteiger charge is -2.14. The fourth-order valence-corrected chi connectivity index (χ4v) is 3.72. The number of hydrogen-bond donors (Lipinski definition) is 0. The third-order valence-electron chi connectivity index (χ3n) is 4.85. The zero-order chi connectivity index (χ0) is 17.4. The molecule has 0 saturated heterocycles. The molecule has 0 heterocycles. The number of rotatable bonds is 3. The lowest BCUT2D eigenvalue weighted by atomic mass is 10.0. The summed E-state index contributed by atoms with van der Waals surface area (Å²) in [6, 6.07) is 7.62. The van der Waals surface area contributed by atoms with Crippen molar-refractivity contribution in [3.63, 3.8) is 0 Å². The second-order valence-electron chi connectivity index (χ2n) is 6.39. The highest BCUT2D eigenvalue weighted by molar-refractivity contribution is 5.70. The zero-order valence-electron chi connectivity index (χ0n) is 13.6. The molecule has 0 N–H and O–H groups in total. The Kier molecular flexibility index (Phi) is 3.87. The molecule has 2 aromatic carbocycles. The molecule has 0 unspecified atom stereocenters. The predicted octanol–water partition coefficient (Wildman–Crippen LogP) is 4.15. The van der Waals surface area contributed by atoms with Gasteiger partial charge in [0.05, 0.1) is 4.92 Å². The molecule has 4 rings (SSSR count). The standard InChI is InChI=1S/C19H17NO5/c21-19(24-15-9-7-14(8-10-15)20(22)23)25-18-16-5-1-3-12(16)11-13-4-2-6-17(13)18/h7-11H,1-6H2. The molecule has 0 saturated carbocycles. The Labute approximate surface area is 144 Å². The predicted molar refractivity (Wildman–Crippen MR) is 90.2 cm³/mol. The Hall–Kier alpha value is -2.89. The summed E-state index contributed by atoms with van der Waals surface area (Å²) in [5.74, 6) is 0.897. The SMILES string of the molecule is O=C(Oc1ccc([N+](=O)[O-])cc1)Oc1c2c(cc3c1CCC3)CCC2. The molecule has 6 heteroatoms. The Morgan fingerprint density at radius 2 is 1.52 bits per heavy atom. The van der Waals surface area contributed by atoms with Gasteiger partial charge in [-0.2, -0.15) is 0 Å². The van der Waals surface area contributed by atoms with Crippen molar-refractivity contribution in [3.05, 3.63) is 62.7 Å². The van der Waals surface area contributed by atoms with Crippen LogP contribution in [0.4, 0.5) is 10.5 Å². The Bertz CT molecular complexity index is 825. The van der Waals surface area contributed by atoms with Crippen LogP contribution in [0.3, 0.4) is 0 Å². The summed E-state index contributed by atoms with van der Waals surface area (Å²) in [7, 11) is 0. The highest BCUT2D eigenvalue weighted by Gasteiger charge is 2.27. The van der Waals surface area contributed by atoms with Crippen LogP contribution >= 0.6 is 0 Å². The van der Waals surface area contributed by atoms with E-state index < -0.39 is 11.1 Å². The van der Waals surface area contributed by atoms with Crippen molar-refractivity contribution in [2.45, 2.75) is 38.5 Å². The van der Waals surface area contributed by atoms with E-state index >= 15 is 0 Å². The van der Waals surface area contributed by atoms with E-state index in [-0.39, 0.29) is 11.4 Å². The van der Waals surface area contributed by atoms with Crippen molar-refractivity contribution < 1.29 is 19.2 Å². The van der Waals surface area contributed by atoms with Crippen LogP contribution in [0.25, 0.3) is 0 Å². The number of aryl methyl sites for hydroxylation is 2. The van der Waals surface area contributed by atoms with Crippen molar-refractivity contribution >= 4 is 11.8 Å². The maximum absolute atomic E-state index is 12.2. The molecule has 128 valence electrons. The first kappa shape index (κ1) is 15.6. The molecule has 0 fully saturated rings. The van der Waals surface area contributed by atoms with E-state index in [0.717, 1.165) is 49.7 Å². The maximum atomic E-state index is 12.2. The fraction of sp³-hybridized carbons (Fsp3) is 0.316. The van der Waals surface area contributed by atoms with E-state index in [2.05, 4.69) is 6.07 Å². The van der Waals surface area contributed by atoms with Crippen LogP contribution in [-0.2, 0) is 25.7 Å². The lowest BCUT2D eigenvalue weighted by molar-refractivity contribution is -0.384. The summed E-state index contributed by atoms with van der Waals surface area (Å²) in [6.07, 6.45) is 5.24. The van der Waals surface area contributed by atoms with Crippen LogP contribution in [0.2, 0.25) is 0 Å². The number of nitrogens with zero attached hydrogens (tertiary/aromatic N) is 1. The lowest BCUT2D eigenvalue weighted by Crippen LogP contribution is -2.16. The molecular weight excluding hydrogens is 322 g/mol. The van der Waals surface area contributed by atoms with Gasteiger partial charge in [0.1, 0.15) is 11.5 Å². The summed E-state index contributed by atoms with van der Waals surface area (Å²) >= 11 is 0. The Morgan fingerprint density at radius 1 is 0.920 bits per heavy atom. The molecule has 0 amide bonds. The van der Waals surface area contributed by atoms with E-state index in [1.54, 1.807) is 0 Å². The van der Waals surface area contributed by atoms with E-state index in [0.29, 0.717) is 5.75 Å². The molecule has 0 atom stereocenters. The number of non-ortho nitro benzene ring substituents is 1. The summed E-state index contributed by atoms with van der Waals surface area (Å²) in [5, 5.41) is 10.7. The van der Waals surface area contributed by atoms with Gasteiger partial charge in [0.25, 0.3) is 5.69 Å². The first-order valence-corrected chi connectivity index (χ1v) is 8.42. The molecule has 0 aromatic heterocycles. The molecule has 0 radical (unpaired) electrons. The first-order chi connectivity index (χ1) is 12.1. The van der Waals surface area contributed by atoms with E-state index in [1.165, 1.54) is 35.4 Å². The fourth-order valence-electron chi connectivity index (χ4n) is 3.72. The molecule has 25 heavy (non-hydrogen) atoms. The highest BCUT2D eigenvalue weighted by atomic mass is 16.7. The van der Waals surface area contributed by atoms with Crippen LogP contribution < -0.4 is 9.47 Å². The second kappa shape index (κ2) is 6.20. The van der Waals surface area contributed by atoms with E-state index in [9.17, 15) is 14.9 Å². The number of ether oxygens (including phenoxy) is 2. The van der Waals surface area contributed by atoms with Gasteiger partial charge in [-0.25, -0.2) is 4.79 Å². The van der Waals surface area contributed by atoms with Crippen LogP contribution in [0.1, 0.15) is 35.1 Å². The van der Waals surface area contributed by atoms with Gasteiger partial charge in [-0.3, -0.25) is 10.1 Å². The number of hydrogen-bond acceptors (Lipinski definition) is 5. The highest BCUT2D eigenvalue weighted by Crippen LogP contribution is 2.40. The van der Waals surface area contributed by atoms with Gasteiger partial charge < -0.3 is 9.47 Å². The number of carbonyl (C=O) groups is 1. The molecule has 0 spiro atoms. The smallest absolute Gasteiger partial charge is 0.395 e. The van der Waals surface area contributed by atoms with Crippen molar-refractivity contribution in [1.29, 1.82) is 0 Å². The number of nitro benzene ring substituents is 1. The van der Waals surface area contributed by atoms with Crippen LogP contribution in [-0.4, -0.2) is 11.1 Å². The second-order valence-corrected chi connectivity index (χ2v) is 6.39. The minimum Gasteiger partial charge on any atom is -0.395 e. The summed E-state index contributed by atoms with van der Waals surface area (Å²) < 4.78 is 10.8. The topological polar surface area (TPSA) is 78.7 Å². The van der Waals surface area contributed by atoms with Crippen molar-refractivity contribution in [1.82, 2.24) is 0 Å². The Balaban J connectivity index is 1.54. The van der Waals surface area contributed by atoms with Gasteiger partial charge in [-0.05, 0) is 72.9 Å². The third kappa shape index (κ3) is 2.95. The van der Waals surface area contributed by atoms with Gasteiger partial charge in [-0.15, -0.1) is 0 Å². The molecule has 2 aliphatic carbocycles. The van der Waals surface area contributed by atoms with Crippen LogP contribution in [0.5, 0.6) is 11.5 Å². The monoisotopic (exact) mass is 339 g/mol. The van der Waals surface area contributed by atoms with Crippen molar-refractivity contribution in [2.75, 3.05) is 0 Å². The quantitative estimate of drug-likeness (QED) is 0.363. The van der Waals surface area contributed by atoms with Crippen LogP contribution in [0.15, 0.2) is 30.3 Å². The normalized spacial score (nSPS) is 14.7. The molecule has 0 aliphatic heterocycles. The molecule has 2 aromatic rings.